The van der Waals surface area contributed by atoms with Gasteiger partial charge in [-0.15, -0.1) is 0 Å². The number of amides is 1. The summed E-state index contributed by atoms with van der Waals surface area (Å²) in [7, 11) is -3.69. The smallest absolute Gasteiger partial charge is 0.246 e. The number of hydrogen-bond donors (Lipinski definition) is 2. The Labute approximate surface area is 124 Å². The van der Waals surface area contributed by atoms with E-state index in [2.05, 4.69) is 5.32 Å². The van der Waals surface area contributed by atoms with Gasteiger partial charge in [0.05, 0.1) is 17.5 Å². The molecule has 1 aromatic rings. The van der Waals surface area contributed by atoms with Crippen molar-refractivity contribution in [2.24, 2.45) is 11.1 Å². The van der Waals surface area contributed by atoms with Gasteiger partial charge < -0.3 is 10.1 Å². The Bertz CT molecular complexity index is 594. The first kappa shape index (κ1) is 15.9. The molecule has 6 nitrogen and oxygen atoms in total. The Balaban J connectivity index is 1.84. The minimum Gasteiger partial charge on any atom is -0.371 e. The maximum absolute atomic E-state index is 11.7. The van der Waals surface area contributed by atoms with E-state index in [0.29, 0.717) is 12.5 Å². The van der Waals surface area contributed by atoms with Crippen LogP contribution in [0.1, 0.15) is 31.4 Å². The first-order valence-corrected chi connectivity index (χ1v) is 8.41. The summed E-state index contributed by atoms with van der Waals surface area (Å²) < 4.78 is 27.6. The lowest BCUT2D eigenvalue weighted by Gasteiger charge is -2.14. The predicted octanol–water partition coefficient (Wildman–Crippen LogP) is 0.938. The summed E-state index contributed by atoms with van der Waals surface area (Å²) in [6.07, 6.45) is 2.38. The largest absolute Gasteiger partial charge is 0.371 e. The molecule has 21 heavy (non-hydrogen) atoms. The number of benzene rings is 1. The summed E-state index contributed by atoms with van der Waals surface area (Å²) in [5.74, 6) is 0.444. The van der Waals surface area contributed by atoms with Crippen LogP contribution in [0.5, 0.6) is 0 Å². The molecule has 0 radical (unpaired) electrons. The second kappa shape index (κ2) is 6.55. The number of ether oxygens (including phenoxy) is 1. The number of primary sulfonamides is 1. The molecule has 1 aliphatic rings. The predicted molar refractivity (Wildman–Crippen MR) is 77.9 cm³/mol. The van der Waals surface area contributed by atoms with Gasteiger partial charge in [-0.2, -0.15) is 0 Å². The van der Waals surface area contributed by atoms with E-state index in [0.717, 1.165) is 5.56 Å². The Kier molecular flexibility index (Phi) is 4.97. The zero-order valence-electron chi connectivity index (χ0n) is 11.9. The zero-order chi connectivity index (χ0) is 15.5. The van der Waals surface area contributed by atoms with Gasteiger partial charge in [0, 0.05) is 0 Å². The van der Waals surface area contributed by atoms with Crippen LogP contribution in [0.2, 0.25) is 0 Å². The van der Waals surface area contributed by atoms with Crippen molar-refractivity contribution in [3.8, 4) is 0 Å². The van der Waals surface area contributed by atoms with Crippen LogP contribution in [0.25, 0.3) is 0 Å². The topological polar surface area (TPSA) is 98.5 Å². The van der Waals surface area contributed by atoms with Gasteiger partial charge in [-0.3, -0.25) is 4.79 Å². The number of carbonyl (C=O) groups excluding carboxylic acids is 1. The highest BCUT2D eigenvalue weighted by Crippen LogP contribution is 2.28. The fourth-order valence-electron chi connectivity index (χ4n) is 1.92. The van der Waals surface area contributed by atoms with Gasteiger partial charge >= 0.3 is 0 Å². The molecule has 1 atom stereocenters. The molecule has 0 heterocycles. The van der Waals surface area contributed by atoms with Crippen molar-refractivity contribution in [2.75, 3.05) is 13.2 Å². The van der Waals surface area contributed by atoms with Crippen molar-refractivity contribution in [2.45, 2.75) is 30.7 Å². The summed E-state index contributed by atoms with van der Waals surface area (Å²) in [4.78, 5) is 11.8. The fourth-order valence-corrected chi connectivity index (χ4v) is 2.43. The van der Waals surface area contributed by atoms with Crippen LogP contribution < -0.4 is 10.5 Å². The molecule has 1 unspecified atom stereocenters. The number of sulfonamides is 1. The Morgan fingerprint density at radius 1 is 1.38 bits per heavy atom. The second-order valence-electron chi connectivity index (χ2n) is 5.36. The van der Waals surface area contributed by atoms with Crippen LogP contribution >= 0.6 is 0 Å². The summed E-state index contributed by atoms with van der Waals surface area (Å²) >= 11 is 0. The van der Waals surface area contributed by atoms with Gasteiger partial charge in [-0.05, 0) is 43.4 Å². The van der Waals surface area contributed by atoms with Crippen molar-refractivity contribution in [1.82, 2.24) is 5.32 Å². The lowest BCUT2D eigenvalue weighted by molar-refractivity contribution is -0.126. The molecule has 1 saturated carbocycles. The van der Waals surface area contributed by atoms with Crippen molar-refractivity contribution < 1.29 is 17.9 Å². The zero-order valence-corrected chi connectivity index (χ0v) is 12.7. The molecule has 1 aliphatic carbocycles. The summed E-state index contributed by atoms with van der Waals surface area (Å²) in [6.45, 7) is 2.52. The molecule has 0 spiro atoms. The molecule has 116 valence electrons. The maximum Gasteiger partial charge on any atom is 0.246 e. The Morgan fingerprint density at radius 3 is 2.52 bits per heavy atom. The molecule has 0 aromatic heterocycles. The highest BCUT2D eigenvalue weighted by atomic mass is 32.2. The highest BCUT2D eigenvalue weighted by Gasteiger charge is 2.21. The van der Waals surface area contributed by atoms with Gasteiger partial charge in [-0.25, -0.2) is 13.6 Å². The third kappa shape index (κ3) is 5.11. The molecular weight excluding hydrogens is 292 g/mol. The van der Waals surface area contributed by atoms with Crippen molar-refractivity contribution >= 4 is 15.9 Å². The molecule has 0 saturated heterocycles. The first-order chi connectivity index (χ1) is 9.86. The molecule has 1 fully saturated rings. The van der Waals surface area contributed by atoms with E-state index in [1.807, 2.05) is 6.92 Å². The van der Waals surface area contributed by atoms with Gasteiger partial charge in [0.25, 0.3) is 0 Å². The van der Waals surface area contributed by atoms with E-state index in [9.17, 15) is 13.2 Å². The van der Waals surface area contributed by atoms with Gasteiger partial charge in [0.2, 0.25) is 15.9 Å². The van der Waals surface area contributed by atoms with Crippen LogP contribution in [0.15, 0.2) is 29.2 Å². The minimum atomic E-state index is -3.69. The van der Waals surface area contributed by atoms with Crippen LogP contribution in [-0.2, 0) is 19.6 Å². The number of nitrogens with one attached hydrogen (secondary N) is 1. The number of nitrogens with two attached hydrogens (primary N) is 1. The van der Waals surface area contributed by atoms with E-state index in [1.54, 1.807) is 12.1 Å². The summed E-state index contributed by atoms with van der Waals surface area (Å²) in [5, 5.41) is 7.84. The fraction of sp³-hybridized carbons (Fsp3) is 0.500. The third-order valence-corrected chi connectivity index (χ3v) is 4.30. The lowest BCUT2D eigenvalue weighted by atomic mass is 10.1. The summed E-state index contributed by atoms with van der Waals surface area (Å²) in [5.41, 5.74) is 0.804. The van der Waals surface area contributed by atoms with E-state index in [-0.39, 0.29) is 23.5 Å². The maximum atomic E-state index is 11.7. The van der Waals surface area contributed by atoms with Crippen LogP contribution in [0.3, 0.4) is 0 Å². The molecular formula is C14H20N2O4S. The van der Waals surface area contributed by atoms with Crippen molar-refractivity contribution in [1.29, 1.82) is 0 Å². The Hall–Kier alpha value is -1.44. The molecule has 1 amide bonds. The quantitative estimate of drug-likeness (QED) is 0.782. The van der Waals surface area contributed by atoms with E-state index in [4.69, 9.17) is 9.88 Å². The van der Waals surface area contributed by atoms with Gasteiger partial charge in [-0.1, -0.05) is 12.1 Å². The van der Waals surface area contributed by atoms with Gasteiger partial charge in [0.1, 0.15) is 6.61 Å². The molecule has 0 aliphatic heterocycles. The number of hydrogen-bond acceptors (Lipinski definition) is 4. The number of carbonyl (C=O) groups is 1. The number of rotatable bonds is 7. The average molecular weight is 312 g/mol. The normalized spacial score (nSPS) is 16.5. The van der Waals surface area contributed by atoms with Crippen molar-refractivity contribution in [3.63, 3.8) is 0 Å². The molecule has 1 aromatic carbocycles. The van der Waals surface area contributed by atoms with E-state index < -0.39 is 10.0 Å². The van der Waals surface area contributed by atoms with Gasteiger partial charge in [0.15, 0.2) is 0 Å². The molecule has 2 rings (SSSR count). The van der Waals surface area contributed by atoms with Crippen LogP contribution in [0, 0.1) is 5.92 Å². The lowest BCUT2D eigenvalue weighted by Crippen LogP contribution is -2.30. The first-order valence-electron chi connectivity index (χ1n) is 6.86. The van der Waals surface area contributed by atoms with Crippen LogP contribution in [0.4, 0.5) is 0 Å². The molecule has 7 heteroatoms. The minimum absolute atomic E-state index is 0.0517. The molecule has 0 bridgehead atoms. The van der Waals surface area contributed by atoms with Crippen molar-refractivity contribution in [3.05, 3.63) is 29.8 Å². The molecule has 3 N–H and O–H groups in total. The average Bonchev–Trinajstić information content (AvgIpc) is 3.22. The van der Waals surface area contributed by atoms with E-state index in [1.165, 1.54) is 25.0 Å². The highest BCUT2D eigenvalue weighted by molar-refractivity contribution is 7.89. The SMILES string of the molecule is CC(NC(=O)COCC1CC1)c1ccc(S(N)(=O)=O)cc1. The third-order valence-electron chi connectivity index (χ3n) is 3.37. The second-order valence-corrected chi connectivity index (χ2v) is 6.92. The van der Waals surface area contributed by atoms with E-state index >= 15 is 0 Å². The standard InChI is InChI=1S/C14H20N2O4S/c1-10(16-14(17)9-20-8-11-2-3-11)12-4-6-13(7-5-12)21(15,18)19/h4-7,10-11H,2-3,8-9H2,1H3,(H,16,17)(H2,15,18,19). The summed E-state index contributed by atoms with van der Waals surface area (Å²) in [6, 6.07) is 5.90. The Morgan fingerprint density at radius 2 is 2.00 bits per heavy atom. The van der Waals surface area contributed by atoms with Crippen LogP contribution in [-0.4, -0.2) is 27.5 Å². The monoisotopic (exact) mass is 312 g/mol.